The van der Waals surface area contributed by atoms with Crippen LogP contribution in [0.2, 0.25) is 0 Å². The summed E-state index contributed by atoms with van der Waals surface area (Å²) in [6.45, 7) is 2.41. The molecule has 2 aliphatic rings. The van der Waals surface area contributed by atoms with Crippen LogP contribution in [0.15, 0.2) is 47.4 Å². The van der Waals surface area contributed by atoms with Crippen molar-refractivity contribution in [3.05, 3.63) is 53.6 Å². The van der Waals surface area contributed by atoms with Crippen molar-refractivity contribution in [2.24, 2.45) is 0 Å². The monoisotopic (exact) mass is 410 g/mol. The number of thioether (sulfide) groups is 1. The number of benzene rings is 2. The third-order valence-electron chi connectivity index (χ3n) is 5.58. The van der Waals surface area contributed by atoms with E-state index in [1.807, 2.05) is 52.3 Å². The van der Waals surface area contributed by atoms with Crippen molar-refractivity contribution in [2.75, 3.05) is 37.4 Å². The van der Waals surface area contributed by atoms with Gasteiger partial charge in [0.2, 0.25) is 5.91 Å². The lowest BCUT2D eigenvalue weighted by Gasteiger charge is -2.30. The average molecular weight is 411 g/mol. The van der Waals surface area contributed by atoms with E-state index in [1.165, 1.54) is 11.8 Å². The van der Waals surface area contributed by atoms with Crippen molar-refractivity contribution < 1.29 is 14.3 Å². The number of hydrogen-bond donors (Lipinski definition) is 0. The van der Waals surface area contributed by atoms with Gasteiger partial charge < -0.3 is 14.5 Å². The summed E-state index contributed by atoms with van der Waals surface area (Å²) in [5.41, 5.74) is 2.75. The van der Waals surface area contributed by atoms with Gasteiger partial charge in [-0.3, -0.25) is 9.59 Å². The maximum absolute atomic E-state index is 13.4. The van der Waals surface area contributed by atoms with Crippen LogP contribution in [0, 0.1) is 0 Å². The van der Waals surface area contributed by atoms with Crippen molar-refractivity contribution in [1.29, 1.82) is 0 Å². The molecule has 0 aliphatic carbocycles. The fourth-order valence-electron chi connectivity index (χ4n) is 4.02. The van der Waals surface area contributed by atoms with Gasteiger partial charge in [-0.15, -0.1) is 11.8 Å². The molecular weight excluding hydrogens is 384 g/mol. The first-order valence-electron chi connectivity index (χ1n) is 10.2. The molecule has 29 heavy (non-hydrogen) atoms. The van der Waals surface area contributed by atoms with E-state index in [-0.39, 0.29) is 11.8 Å². The highest BCUT2D eigenvalue weighted by molar-refractivity contribution is 8.00. The number of carbonyl (C=O) groups is 2. The Morgan fingerprint density at radius 1 is 1.03 bits per heavy atom. The van der Waals surface area contributed by atoms with Crippen molar-refractivity contribution in [3.8, 4) is 5.75 Å². The van der Waals surface area contributed by atoms with Crippen LogP contribution >= 0.6 is 11.8 Å². The van der Waals surface area contributed by atoms with E-state index in [0.717, 1.165) is 60.7 Å². The predicted octanol–water partition coefficient (Wildman–Crippen LogP) is 4.00. The highest BCUT2D eigenvalue weighted by Crippen LogP contribution is 2.33. The lowest BCUT2D eigenvalue weighted by Crippen LogP contribution is -2.35. The fraction of sp³-hybridized carbons (Fsp3) is 0.391. The Hall–Kier alpha value is -2.47. The summed E-state index contributed by atoms with van der Waals surface area (Å²) in [5.74, 6) is 1.34. The summed E-state index contributed by atoms with van der Waals surface area (Å²) in [4.78, 5) is 30.5. The first-order valence-corrected chi connectivity index (χ1v) is 11.1. The minimum atomic E-state index is -0.00663. The van der Waals surface area contributed by atoms with Gasteiger partial charge in [-0.05, 0) is 61.6 Å². The molecule has 152 valence electrons. The van der Waals surface area contributed by atoms with E-state index >= 15 is 0 Å². The highest BCUT2D eigenvalue weighted by atomic mass is 32.2. The topological polar surface area (TPSA) is 49.9 Å². The van der Waals surface area contributed by atoms with E-state index in [4.69, 9.17) is 4.74 Å². The molecule has 1 saturated heterocycles. The Kier molecular flexibility index (Phi) is 6.09. The highest BCUT2D eigenvalue weighted by Gasteiger charge is 2.26. The molecule has 4 rings (SSSR count). The number of rotatable bonds is 5. The number of fused-ring (bicyclic) bond motifs is 1. The number of likely N-dealkylation sites (tertiary alicyclic amines) is 1. The second kappa shape index (κ2) is 8.91. The normalized spacial score (nSPS) is 15.9. The zero-order valence-corrected chi connectivity index (χ0v) is 17.5. The molecule has 0 bridgehead atoms. The van der Waals surface area contributed by atoms with E-state index in [2.05, 4.69) is 0 Å². The first kappa shape index (κ1) is 19.8. The number of ether oxygens (including phenoxy) is 1. The fourth-order valence-corrected chi connectivity index (χ4v) is 4.97. The minimum Gasteiger partial charge on any atom is -0.497 e. The van der Waals surface area contributed by atoms with Gasteiger partial charge >= 0.3 is 0 Å². The zero-order valence-electron chi connectivity index (χ0n) is 16.7. The smallest absolute Gasteiger partial charge is 0.259 e. The van der Waals surface area contributed by atoms with Gasteiger partial charge in [0, 0.05) is 30.2 Å². The zero-order chi connectivity index (χ0) is 20.2. The molecule has 2 aliphatic heterocycles. The lowest BCUT2D eigenvalue weighted by molar-refractivity contribution is -0.127. The second-order valence-corrected chi connectivity index (χ2v) is 8.44. The Morgan fingerprint density at radius 2 is 1.83 bits per heavy atom. The van der Waals surface area contributed by atoms with Crippen molar-refractivity contribution >= 4 is 29.3 Å². The van der Waals surface area contributed by atoms with Crippen LogP contribution in [0.25, 0.3) is 0 Å². The molecule has 0 N–H and O–H groups in total. The van der Waals surface area contributed by atoms with Gasteiger partial charge in [-0.1, -0.05) is 12.1 Å². The molecule has 0 atom stereocenters. The number of amides is 2. The second-order valence-electron chi connectivity index (χ2n) is 7.43. The molecule has 0 unspecified atom stereocenters. The summed E-state index contributed by atoms with van der Waals surface area (Å²) >= 11 is 1.46. The molecule has 2 heterocycles. The maximum atomic E-state index is 13.4. The Bertz CT molecular complexity index is 909. The molecular formula is C23H26N2O3S. The minimum absolute atomic E-state index is 0.00663. The van der Waals surface area contributed by atoms with E-state index < -0.39 is 0 Å². The molecule has 6 heteroatoms. The van der Waals surface area contributed by atoms with Crippen LogP contribution in [-0.2, 0) is 11.2 Å². The van der Waals surface area contributed by atoms with Gasteiger partial charge in [0.05, 0.1) is 18.4 Å². The van der Waals surface area contributed by atoms with Gasteiger partial charge in [-0.25, -0.2) is 0 Å². The van der Waals surface area contributed by atoms with Crippen LogP contribution in [0.4, 0.5) is 5.69 Å². The third kappa shape index (κ3) is 4.27. The number of carbonyl (C=O) groups excluding carboxylic acids is 2. The lowest BCUT2D eigenvalue weighted by atomic mass is 10.0. The van der Waals surface area contributed by atoms with Crippen LogP contribution in [-0.4, -0.2) is 49.2 Å². The number of methoxy groups -OCH3 is 1. The molecule has 2 amide bonds. The van der Waals surface area contributed by atoms with E-state index in [9.17, 15) is 9.59 Å². The van der Waals surface area contributed by atoms with Gasteiger partial charge in [-0.2, -0.15) is 0 Å². The molecule has 0 radical (unpaired) electrons. The summed E-state index contributed by atoms with van der Waals surface area (Å²) in [6.07, 6.45) is 4.04. The molecule has 0 saturated carbocycles. The third-order valence-corrected chi connectivity index (χ3v) is 6.64. The quantitative estimate of drug-likeness (QED) is 0.699. The molecule has 5 nitrogen and oxygen atoms in total. The molecule has 0 spiro atoms. The number of hydrogen-bond acceptors (Lipinski definition) is 4. The number of nitrogens with zero attached hydrogens (tertiary/aromatic N) is 2. The molecule has 0 aromatic heterocycles. The van der Waals surface area contributed by atoms with Crippen LogP contribution in [0.3, 0.4) is 0 Å². The van der Waals surface area contributed by atoms with Crippen LogP contribution in [0.1, 0.15) is 35.2 Å². The van der Waals surface area contributed by atoms with E-state index in [0.29, 0.717) is 17.9 Å². The van der Waals surface area contributed by atoms with Crippen LogP contribution in [0.5, 0.6) is 5.75 Å². The summed E-state index contributed by atoms with van der Waals surface area (Å²) in [5, 5.41) is 0. The van der Waals surface area contributed by atoms with E-state index in [1.54, 1.807) is 7.11 Å². The summed E-state index contributed by atoms with van der Waals surface area (Å²) < 4.78 is 5.33. The molecule has 2 aromatic rings. The number of aryl methyl sites for hydroxylation is 1. The largest absolute Gasteiger partial charge is 0.497 e. The predicted molar refractivity (Wildman–Crippen MR) is 116 cm³/mol. The first-order chi connectivity index (χ1) is 14.2. The van der Waals surface area contributed by atoms with Crippen molar-refractivity contribution in [3.63, 3.8) is 0 Å². The van der Waals surface area contributed by atoms with Gasteiger partial charge in [0.25, 0.3) is 5.91 Å². The Morgan fingerprint density at radius 3 is 2.62 bits per heavy atom. The van der Waals surface area contributed by atoms with Crippen LogP contribution < -0.4 is 9.64 Å². The number of anilines is 1. The summed E-state index contributed by atoms with van der Waals surface area (Å²) in [6, 6.07) is 13.5. The summed E-state index contributed by atoms with van der Waals surface area (Å²) in [7, 11) is 1.66. The Balaban J connectivity index is 1.53. The Labute approximate surface area is 176 Å². The van der Waals surface area contributed by atoms with Crippen molar-refractivity contribution in [2.45, 2.75) is 30.6 Å². The molecule has 1 fully saturated rings. The van der Waals surface area contributed by atoms with Crippen molar-refractivity contribution in [1.82, 2.24) is 4.90 Å². The standard InChI is InChI=1S/C23H26N2O3S/c1-28-18-10-11-20-17(15-18)7-6-14-25(20)23(27)19-8-2-3-9-21(19)29-16-22(26)24-12-4-5-13-24/h2-3,8-11,15H,4-7,12-14,16H2,1H3. The van der Waals surface area contributed by atoms with Gasteiger partial charge in [0.1, 0.15) is 5.75 Å². The maximum Gasteiger partial charge on any atom is 0.259 e. The molecule has 2 aromatic carbocycles. The average Bonchev–Trinajstić information content (AvgIpc) is 3.31. The van der Waals surface area contributed by atoms with Gasteiger partial charge in [0.15, 0.2) is 0 Å². The SMILES string of the molecule is COc1ccc2c(c1)CCCN2C(=O)c1ccccc1SCC(=O)N1CCCC1.